The molecule has 0 amide bonds. The lowest BCUT2D eigenvalue weighted by Crippen LogP contribution is -2.17. The van der Waals surface area contributed by atoms with Crippen LogP contribution in [0.5, 0.6) is 0 Å². The predicted molar refractivity (Wildman–Crippen MR) is 92.6 cm³/mol. The average Bonchev–Trinajstić information content (AvgIpc) is 2.59. The summed E-state index contributed by atoms with van der Waals surface area (Å²) in [7, 11) is 0. The van der Waals surface area contributed by atoms with Crippen LogP contribution in [-0.2, 0) is 9.53 Å². The predicted octanol–water partition coefficient (Wildman–Crippen LogP) is 4.40. The summed E-state index contributed by atoms with van der Waals surface area (Å²) in [6.07, 6.45) is 5.26. The molecule has 1 unspecified atom stereocenters. The van der Waals surface area contributed by atoms with E-state index in [1.165, 1.54) is 6.42 Å². The number of fused-ring (bicyclic) bond motifs is 1. The lowest BCUT2D eigenvalue weighted by molar-refractivity contribution is -0.144. The monoisotopic (exact) mass is 345 g/mol. The second kappa shape index (κ2) is 9.19. The Balaban J connectivity index is 2.04. The highest BCUT2D eigenvalue weighted by atomic mass is 35.5. The molecule has 0 bridgehead atoms. The minimum absolute atomic E-state index is 0.0557. The second-order valence-electron chi connectivity index (χ2n) is 5.53. The maximum atomic E-state index is 12.2. The lowest BCUT2D eigenvalue weighted by Gasteiger charge is -2.11. The first-order valence-corrected chi connectivity index (χ1v) is 8.53. The summed E-state index contributed by atoms with van der Waals surface area (Å²) in [4.78, 5) is 20.7. The molecule has 0 aliphatic rings. The molecule has 0 spiro atoms. The fourth-order valence-corrected chi connectivity index (χ4v) is 2.61. The number of esters is 1. The molecule has 6 heteroatoms. The summed E-state index contributed by atoms with van der Waals surface area (Å²) in [5.74, 6) is -1.79. The van der Waals surface area contributed by atoms with Gasteiger partial charge in [0.2, 0.25) is 0 Å². The van der Waals surface area contributed by atoms with Crippen molar-refractivity contribution in [1.82, 2.24) is 9.97 Å². The van der Waals surface area contributed by atoms with E-state index in [1.807, 2.05) is 18.2 Å². The van der Waals surface area contributed by atoms with Crippen LogP contribution in [0.4, 0.5) is 0 Å². The maximum absolute atomic E-state index is 12.2. The molecule has 0 fully saturated rings. The van der Waals surface area contributed by atoms with E-state index in [2.05, 4.69) is 16.9 Å². The Morgan fingerprint density at radius 3 is 2.54 bits per heavy atom. The average molecular weight is 346 g/mol. The summed E-state index contributed by atoms with van der Waals surface area (Å²) in [6, 6.07) is 9.09. The number of nitrogens with zero attached hydrogens (tertiary/aromatic N) is 3. The van der Waals surface area contributed by atoms with Crippen molar-refractivity contribution >= 4 is 28.6 Å². The van der Waals surface area contributed by atoms with E-state index in [-0.39, 0.29) is 10.8 Å². The zero-order valence-electron chi connectivity index (χ0n) is 13.7. The van der Waals surface area contributed by atoms with Crippen LogP contribution < -0.4 is 0 Å². The number of carbonyl (C=O) groups is 1. The van der Waals surface area contributed by atoms with Crippen molar-refractivity contribution in [2.24, 2.45) is 0 Å². The van der Waals surface area contributed by atoms with E-state index >= 15 is 0 Å². The Labute approximate surface area is 146 Å². The number of unbranched alkanes of at least 4 members (excludes halogenated alkanes) is 4. The van der Waals surface area contributed by atoms with Crippen LogP contribution in [0.15, 0.2) is 24.3 Å². The number of hydrogen-bond acceptors (Lipinski definition) is 5. The van der Waals surface area contributed by atoms with E-state index < -0.39 is 11.9 Å². The van der Waals surface area contributed by atoms with Crippen molar-refractivity contribution < 1.29 is 9.53 Å². The van der Waals surface area contributed by atoms with Crippen molar-refractivity contribution in [3.05, 3.63) is 35.1 Å². The van der Waals surface area contributed by atoms with Gasteiger partial charge < -0.3 is 4.74 Å². The third kappa shape index (κ3) is 4.65. The van der Waals surface area contributed by atoms with Gasteiger partial charge in [0.1, 0.15) is 5.69 Å². The first-order valence-electron chi connectivity index (χ1n) is 8.15. The van der Waals surface area contributed by atoms with Crippen molar-refractivity contribution in [1.29, 1.82) is 5.26 Å². The summed E-state index contributed by atoms with van der Waals surface area (Å²) in [5, 5.41) is 9.40. The lowest BCUT2D eigenvalue weighted by atomic mass is 10.1. The van der Waals surface area contributed by atoms with Crippen LogP contribution in [0.1, 0.15) is 50.6 Å². The van der Waals surface area contributed by atoms with Gasteiger partial charge in [-0.05, 0) is 18.6 Å². The molecular weight excluding hydrogens is 326 g/mol. The number of nitriles is 1. The smallest absolute Gasteiger partial charge is 0.329 e. The van der Waals surface area contributed by atoms with E-state index in [1.54, 1.807) is 12.1 Å². The van der Waals surface area contributed by atoms with Gasteiger partial charge in [-0.2, -0.15) is 5.26 Å². The summed E-state index contributed by atoms with van der Waals surface area (Å²) in [6.45, 7) is 2.45. The number of ether oxygens (including phenoxy) is 1. The molecule has 0 saturated heterocycles. The molecule has 24 heavy (non-hydrogen) atoms. The van der Waals surface area contributed by atoms with Gasteiger partial charge in [-0.3, -0.25) is 4.79 Å². The summed E-state index contributed by atoms with van der Waals surface area (Å²) >= 11 is 6.11. The molecule has 1 aromatic carbocycles. The van der Waals surface area contributed by atoms with Crippen LogP contribution in [-0.4, -0.2) is 22.5 Å². The normalized spacial score (nSPS) is 11.9. The fraction of sp³-hybridized carbons (Fsp3) is 0.444. The molecule has 0 saturated carbocycles. The molecule has 2 aromatic rings. The van der Waals surface area contributed by atoms with Crippen molar-refractivity contribution in [2.45, 2.75) is 44.9 Å². The highest BCUT2D eigenvalue weighted by molar-refractivity contribution is 6.30. The molecule has 0 radical (unpaired) electrons. The van der Waals surface area contributed by atoms with E-state index in [0.29, 0.717) is 17.6 Å². The SMILES string of the molecule is CCCCCCCOC(=O)C(C#N)c1nc2ccccc2nc1Cl. The fourth-order valence-electron chi connectivity index (χ4n) is 2.36. The van der Waals surface area contributed by atoms with Crippen LogP contribution in [0.25, 0.3) is 11.0 Å². The van der Waals surface area contributed by atoms with Gasteiger partial charge in [0.05, 0.1) is 23.7 Å². The topological polar surface area (TPSA) is 75.9 Å². The van der Waals surface area contributed by atoms with Crippen LogP contribution in [0, 0.1) is 11.3 Å². The number of rotatable bonds is 8. The molecule has 5 nitrogen and oxygen atoms in total. The molecule has 1 aromatic heterocycles. The van der Waals surface area contributed by atoms with Crippen LogP contribution in [0.3, 0.4) is 0 Å². The molecule has 126 valence electrons. The molecule has 0 N–H and O–H groups in total. The summed E-state index contributed by atoms with van der Waals surface area (Å²) in [5.41, 5.74) is 1.35. The summed E-state index contributed by atoms with van der Waals surface area (Å²) < 4.78 is 5.21. The Hall–Kier alpha value is -2.19. The minimum atomic E-state index is -1.16. The van der Waals surface area contributed by atoms with Gasteiger partial charge in [0, 0.05) is 0 Å². The van der Waals surface area contributed by atoms with Crippen molar-refractivity contribution in [2.75, 3.05) is 6.61 Å². The first kappa shape index (κ1) is 18.2. The van der Waals surface area contributed by atoms with Crippen LogP contribution >= 0.6 is 11.6 Å². The minimum Gasteiger partial charge on any atom is -0.464 e. The van der Waals surface area contributed by atoms with Gasteiger partial charge in [-0.1, -0.05) is 56.3 Å². The Morgan fingerprint density at radius 1 is 1.21 bits per heavy atom. The molecular formula is C18H20ClN3O2. The standard InChI is InChI=1S/C18H20ClN3O2/c1-2-3-4-5-8-11-24-18(23)13(12-20)16-17(19)22-15-10-7-6-9-14(15)21-16/h6-7,9-10,13H,2-5,8,11H2,1H3. The van der Waals surface area contributed by atoms with E-state index in [9.17, 15) is 10.1 Å². The highest BCUT2D eigenvalue weighted by Crippen LogP contribution is 2.24. The Bertz CT molecular complexity index is 743. The molecule has 1 heterocycles. The van der Waals surface area contributed by atoms with Gasteiger partial charge in [-0.15, -0.1) is 0 Å². The second-order valence-corrected chi connectivity index (χ2v) is 5.89. The van der Waals surface area contributed by atoms with Gasteiger partial charge in [0.25, 0.3) is 0 Å². The number of para-hydroxylation sites is 2. The molecule has 1 atom stereocenters. The number of halogens is 1. The third-order valence-corrected chi connectivity index (χ3v) is 3.96. The van der Waals surface area contributed by atoms with E-state index in [4.69, 9.17) is 16.3 Å². The largest absolute Gasteiger partial charge is 0.464 e. The number of aromatic nitrogens is 2. The Kier molecular flexibility index (Phi) is 6.95. The van der Waals surface area contributed by atoms with Gasteiger partial charge >= 0.3 is 5.97 Å². The molecule has 2 rings (SSSR count). The third-order valence-electron chi connectivity index (χ3n) is 3.68. The van der Waals surface area contributed by atoms with Crippen LogP contribution in [0.2, 0.25) is 5.15 Å². The number of carbonyl (C=O) groups excluding carboxylic acids is 1. The number of hydrogen-bond donors (Lipinski definition) is 0. The zero-order chi connectivity index (χ0) is 17.4. The zero-order valence-corrected chi connectivity index (χ0v) is 14.4. The molecule has 0 aliphatic carbocycles. The first-order chi connectivity index (χ1) is 11.7. The highest BCUT2D eigenvalue weighted by Gasteiger charge is 2.27. The number of benzene rings is 1. The molecule has 0 aliphatic heterocycles. The maximum Gasteiger partial charge on any atom is 0.329 e. The van der Waals surface area contributed by atoms with Crippen molar-refractivity contribution in [3.63, 3.8) is 0 Å². The van der Waals surface area contributed by atoms with Gasteiger partial charge in [-0.25, -0.2) is 9.97 Å². The Morgan fingerprint density at radius 2 is 1.88 bits per heavy atom. The quantitative estimate of drug-likeness (QED) is 0.523. The van der Waals surface area contributed by atoms with Gasteiger partial charge in [0.15, 0.2) is 11.1 Å². The van der Waals surface area contributed by atoms with E-state index in [0.717, 1.165) is 25.7 Å². The van der Waals surface area contributed by atoms with Crippen molar-refractivity contribution in [3.8, 4) is 6.07 Å².